The Balaban J connectivity index is 2.04. The molecule has 6 nitrogen and oxygen atoms in total. The van der Waals surface area contributed by atoms with Crippen molar-refractivity contribution >= 4 is 17.8 Å². The molecule has 1 unspecified atom stereocenters. The van der Waals surface area contributed by atoms with Crippen LogP contribution in [0.2, 0.25) is 0 Å². The highest BCUT2D eigenvalue weighted by atomic mass is 19.1. The van der Waals surface area contributed by atoms with Crippen molar-refractivity contribution in [2.75, 3.05) is 19.6 Å². The quantitative estimate of drug-likeness (QED) is 0.771. The molecular weight excluding hydrogens is 327 g/mol. The Hall–Kier alpha value is -2.44. The van der Waals surface area contributed by atoms with E-state index in [9.17, 15) is 18.8 Å². The number of benzene rings is 1. The Morgan fingerprint density at radius 3 is 2.76 bits per heavy atom. The molecule has 0 saturated carbocycles. The number of nitrogens with zero attached hydrogens (tertiary/aromatic N) is 1. The van der Waals surface area contributed by atoms with Gasteiger partial charge in [0.25, 0.3) is 5.91 Å². The van der Waals surface area contributed by atoms with E-state index in [4.69, 9.17) is 5.11 Å². The number of likely N-dealkylation sites (tertiary alicyclic amines) is 1. The SMILES string of the molecule is CCCCNC(=O)C1CCCN(C(=O)c2ccc(C(=O)O)cc2F)C1. The normalized spacial score (nSPS) is 17.2. The lowest BCUT2D eigenvalue weighted by molar-refractivity contribution is -0.126. The maximum absolute atomic E-state index is 14.1. The summed E-state index contributed by atoms with van der Waals surface area (Å²) in [6.07, 6.45) is 3.26. The molecule has 2 N–H and O–H groups in total. The first-order chi connectivity index (χ1) is 11.9. The van der Waals surface area contributed by atoms with E-state index < -0.39 is 17.7 Å². The lowest BCUT2D eigenvalue weighted by Crippen LogP contribution is -2.45. The summed E-state index contributed by atoms with van der Waals surface area (Å²) >= 11 is 0. The number of nitrogens with one attached hydrogen (secondary N) is 1. The molecule has 7 heteroatoms. The molecule has 0 spiro atoms. The van der Waals surface area contributed by atoms with Crippen molar-refractivity contribution in [1.29, 1.82) is 0 Å². The third-order valence-corrected chi connectivity index (χ3v) is 4.36. The molecule has 1 aromatic carbocycles. The zero-order chi connectivity index (χ0) is 18.4. The van der Waals surface area contributed by atoms with Gasteiger partial charge in [0, 0.05) is 19.6 Å². The fourth-order valence-electron chi connectivity index (χ4n) is 2.90. The van der Waals surface area contributed by atoms with E-state index in [1.165, 1.54) is 17.0 Å². The van der Waals surface area contributed by atoms with Gasteiger partial charge in [-0.05, 0) is 37.5 Å². The minimum Gasteiger partial charge on any atom is -0.478 e. The molecule has 25 heavy (non-hydrogen) atoms. The van der Waals surface area contributed by atoms with Crippen LogP contribution in [0.3, 0.4) is 0 Å². The number of carboxylic acids is 1. The first-order valence-corrected chi connectivity index (χ1v) is 8.53. The Morgan fingerprint density at radius 2 is 2.12 bits per heavy atom. The maximum Gasteiger partial charge on any atom is 0.335 e. The Bertz CT molecular complexity index is 662. The van der Waals surface area contributed by atoms with Gasteiger partial charge in [0.05, 0.1) is 17.0 Å². The van der Waals surface area contributed by atoms with Gasteiger partial charge in [0.15, 0.2) is 0 Å². The average molecular weight is 350 g/mol. The number of aromatic carboxylic acids is 1. The van der Waals surface area contributed by atoms with Gasteiger partial charge in [-0.15, -0.1) is 0 Å². The predicted molar refractivity (Wildman–Crippen MR) is 89.9 cm³/mol. The predicted octanol–water partition coefficient (Wildman–Crippen LogP) is 2.29. The molecular formula is C18H23FN2O4. The van der Waals surface area contributed by atoms with Crippen molar-refractivity contribution in [1.82, 2.24) is 10.2 Å². The summed E-state index contributed by atoms with van der Waals surface area (Å²) in [5, 5.41) is 11.7. The number of rotatable bonds is 6. The number of hydrogen-bond acceptors (Lipinski definition) is 3. The highest BCUT2D eigenvalue weighted by Crippen LogP contribution is 2.20. The van der Waals surface area contributed by atoms with Crippen LogP contribution in [0.5, 0.6) is 0 Å². The number of carbonyl (C=O) groups is 3. The van der Waals surface area contributed by atoms with Crippen LogP contribution in [0.15, 0.2) is 18.2 Å². The maximum atomic E-state index is 14.1. The molecule has 1 aliphatic heterocycles. The van der Waals surface area contributed by atoms with Gasteiger partial charge in [-0.2, -0.15) is 0 Å². The Labute approximate surface area is 146 Å². The van der Waals surface area contributed by atoms with Crippen molar-refractivity contribution in [3.05, 3.63) is 35.1 Å². The fourth-order valence-corrected chi connectivity index (χ4v) is 2.90. The first kappa shape index (κ1) is 18.9. The van der Waals surface area contributed by atoms with Crippen LogP contribution in [-0.2, 0) is 4.79 Å². The van der Waals surface area contributed by atoms with Crippen LogP contribution >= 0.6 is 0 Å². The number of carbonyl (C=O) groups excluding carboxylic acids is 2. The highest BCUT2D eigenvalue weighted by Gasteiger charge is 2.29. The average Bonchev–Trinajstić information content (AvgIpc) is 2.61. The summed E-state index contributed by atoms with van der Waals surface area (Å²) in [6, 6.07) is 3.23. The van der Waals surface area contributed by atoms with Crippen LogP contribution in [0.25, 0.3) is 0 Å². The zero-order valence-electron chi connectivity index (χ0n) is 14.3. The molecule has 1 fully saturated rings. The minimum atomic E-state index is -1.25. The molecule has 0 bridgehead atoms. The third kappa shape index (κ3) is 4.78. The van der Waals surface area contributed by atoms with Gasteiger partial charge in [0.2, 0.25) is 5.91 Å². The molecule has 1 atom stereocenters. The number of hydrogen-bond donors (Lipinski definition) is 2. The standard InChI is InChI=1S/C18H23FN2O4/c1-2-3-8-20-16(22)13-5-4-9-21(11-13)17(23)14-7-6-12(18(24)25)10-15(14)19/h6-7,10,13H,2-5,8-9,11H2,1H3,(H,20,22)(H,24,25). The summed E-state index contributed by atoms with van der Waals surface area (Å²) < 4.78 is 14.1. The second-order valence-electron chi connectivity index (χ2n) is 6.23. The summed E-state index contributed by atoms with van der Waals surface area (Å²) in [5.74, 6) is -3.00. The van der Waals surface area contributed by atoms with E-state index in [0.717, 1.165) is 18.9 Å². The molecule has 0 aromatic heterocycles. The Morgan fingerprint density at radius 1 is 1.36 bits per heavy atom. The molecule has 2 amide bonds. The molecule has 1 heterocycles. The zero-order valence-corrected chi connectivity index (χ0v) is 14.3. The van der Waals surface area contributed by atoms with Crippen molar-refractivity contribution in [2.45, 2.75) is 32.6 Å². The number of carboxylic acid groups (broad SMARTS) is 1. The molecule has 1 aliphatic rings. The second kappa shape index (κ2) is 8.60. The van der Waals surface area contributed by atoms with E-state index >= 15 is 0 Å². The van der Waals surface area contributed by atoms with Crippen LogP contribution in [0, 0.1) is 11.7 Å². The summed E-state index contributed by atoms with van der Waals surface area (Å²) in [4.78, 5) is 37.0. The molecule has 1 saturated heterocycles. The van der Waals surface area contributed by atoms with Gasteiger partial charge in [-0.1, -0.05) is 13.3 Å². The van der Waals surface area contributed by atoms with E-state index in [1.54, 1.807) is 0 Å². The molecule has 1 aromatic rings. The van der Waals surface area contributed by atoms with Crippen LogP contribution in [0.4, 0.5) is 4.39 Å². The lowest BCUT2D eigenvalue weighted by Gasteiger charge is -2.32. The van der Waals surface area contributed by atoms with Gasteiger partial charge >= 0.3 is 5.97 Å². The van der Waals surface area contributed by atoms with Crippen LogP contribution in [0.1, 0.15) is 53.3 Å². The smallest absolute Gasteiger partial charge is 0.335 e. The summed E-state index contributed by atoms with van der Waals surface area (Å²) in [6.45, 7) is 3.36. The number of unbranched alkanes of at least 4 members (excludes halogenated alkanes) is 1. The highest BCUT2D eigenvalue weighted by molar-refractivity contribution is 5.96. The van der Waals surface area contributed by atoms with E-state index in [0.29, 0.717) is 25.9 Å². The lowest BCUT2D eigenvalue weighted by atomic mass is 9.96. The number of piperidine rings is 1. The second-order valence-corrected chi connectivity index (χ2v) is 6.23. The molecule has 0 aliphatic carbocycles. The largest absolute Gasteiger partial charge is 0.478 e. The fraction of sp³-hybridized carbons (Fsp3) is 0.500. The Kier molecular flexibility index (Phi) is 6.50. The van der Waals surface area contributed by atoms with E-state index in [1.807, 2.05) is 6.92 Å². The van der Waals surface area contributed by atoms with Gasteiger partial charge in [-0.3, -0.25) is 9.59 Å². The molecule has 0 radical (unpaired) electrons. The van der Waals surface area contributed by atoms with Crippen LogP contribution in [-0.4, -0.2) is 47.4 Å². The number of halogens is 1. The van der Waals surface area contributed by atoms with Crippen molar-refractivity contribution in [3.63, 3.8) is 0 Å². The van der Waals surface area contributed by atoms with E-state index in [-0.39, 0.29) is 29.5 Å². The van der Waals surface area contributed by atoms with Crippen LogP contribution < -0.4 is 5.32 Å². The molecule has 2 rings (SSSR count). The first-order valence-electron chi connectivity index (χ1n) is 8.53. The van der Waals surface area contributed by atoms with Crippen molar-refractivity contribution in [2.24, 2.45) is 5.92 Å². The topological polar surface area (TPSA) is 86.7 Å². The minimum absolute atomic E-state index is 0.0763. The van der Waals surface area contributed by atoms with Gasteiger partial charge < -0.3 is 15.3 Å². The van der Waals surface area contributed by atoms with Gasteiger partial charge in [0.1, 0.15) is 5.82 Å². The monoisotopic (exact) mass is 350 g/mol. The summed E-state index contributed by atoms with van der Waals surface area (Å²) in [5.41, 5.74) is -0.377. The number of amides is 2. The van der Waals surface area contributed by atoms with E-state index in [2.05, 4.69) is 5.32 Å². The molecule has 136 valence electrons. The van der Waals surface area contributed by atoms with Crippen molar-refractivity contribution < 1.29 is 23.9 Å². The third-order valence-electron chi connectivity index (χ3n) is 4.36. The summed E-state index contributed by atoms with van der Waals surface area (Å²) in [7, 11) is 0. The van der Waals surface area contributed by atoms with Gasteiger partial charge in [-0.25, -0.2) is 9.18 Å². The van der Waals surface area contributed by atoms with Crippen molar-refractivity contribution in [3.8, 4) is 0 Å².